The van der Waals surface area contributed by atoms with Gasteiger partial charge in [-0.05, 0) is 61.0 Å². The number of hydrogen-bond donors (Lipinski definition) is 0. The van der Waals surface area contributed by atoms with Crippen LogP contribution in [0, 0.1) is 0 Å². The van der Waals surface area contributed by atoms with Crippen molar-refractivity contribution in [3.05, 3.63) is 35.2 Å². The highest BCUT2D eigenvalue weighted by Crippen LogP contribution is 2.35. The Morgan fingerprint density at radius 2 is 2.18 bits per heavy atom. The highest BCUT2D eigenvalue weighted by Gasteiger charge is 2.15. The Kier molecular flexibility index (Phi) is 5.16. The Labute approximate surface area is 137 Å². The molecule has 0 spiro atoms. The molecule has 3 rings (SSSR count). The molecular weight excluding hydrogens is 290 g/mol. The summed E-state index contributed by atoms with van der Waals surface area (Å²) in [5.41, 5.74) is 2.95. The number of rotatable bonds is 6. The summed E-state index contributed by atoms with van der Waals surface area (Å²) in [6.07, 6.45) is 6.19. The number of thiophene rings is 1. The van der Waals surface area contributed by atoms with E-state index in [0.717, 1.165) is 18.9 Å². The third kappa shape index (κ3) is 3.36. The molecule has 2 aromatic rings. The van der Waals surface area contributed by atoms with Crippen LogP contribution in [0.5, 0.6) is 5.75 Å². The highest BCUT2D eigenvalue weighted by molar-refractivity contribution is 7.17. The first kappa shape index (κ1) is 15.6. The zero-order chi connectivity index (χ0) is 15.4. The van der Waals surface area contributed by atoms with E-state index in [1.807, 2.05) is 18.3 Å². The first-order valence-electron chi connectivity index (χ1n) is 8.37. The minimum Gasteiger partial charge on any atom is -0.494 e. The summed E-state index contributed by atoms with van der Waals surface area (Å²) in [5, 5.41) is 3.69. The lowest BCUT2D eigenvalue weighted by Gasteiger charge is -2.26. The minimum atomic E-state index is 0.725. The third-order valence-corrected chi connectivity index (χ3v) is 5.27. The van der Waals surface area contributed by atoms with E-state index in [1.54, 1.807) is 0 Å². The molecule has 118 valence electrons. The first-order chi connectivity index (χ1) is 10.8. The predicted octanol–water partition coefficient (Wildman–Crippen LogP) is 5.19. The maximum absolute atomic E-state index is 5.61. The van der Waals surface area contributed by atoms with Gasteiger partial charge in [0.1, 0.15) is 5.75 Å². The molecule has 3 heteroatoms. The van der Waals surface area contributed by atoms with Crippen molar-refractivity contribution in [1.82, 2.24) is 4.90 Å². The predicted molar refractivity (Wildman–Crippen MR) is 96.9 cm³/mol. The van der Waals surface area contributed by atoms with Gasteiger partial charge in [0.15, 0.2) is 0 Å². The van der Waals surface area contributed by atoms with E-state index in [4.69, 9.17) is 4.74 Å². The summed E-state index contributed by atoms with van der Waals surface area (Å²) in [6.45, 7) is 8.55. The van der Waals surface area contributed by atoms with Gasteiger partial charge in [0, 0.05) is 23.2 Å². The lowest BCUT2D eigenvalue weighted by molar-refractivity contribution is 0.297. The van der Waals surface area contributed by atoms with Gasteiger partial charge in [0.05, 0.1) is 6.61 Å². The molecule has 0 amide bonds. The molecule has 0 fully saturated rings. The van der Waals surface area contributed by atoms with Gasteiger partial charge in [0.2, 0.25) is 0 Å². The normalized spacial score (nSPS) is 16.0. The fourth-order valence-corrected chi connectivity index (χ4v) is 4.07. The Balaban J connectivity index is 1.78. The van der Waals surface area contributed by atoms with Crippen LogP contribution in [0.15, 0.2) is 29.7 Å². The van der Waals surface area contributed by atoms with Crippen LogP contribution in [0.25, 0.3) is 15.7 Å². The third-order valence-electron chi connectivity index (χ3n) is 4.33. The number of ether oxygens (including phenoxy) is 1. The molecule has 0 radical (unpaired) electrons. The van der Waals surface area contributed by atoms with Crippen LogP contribution in [0.1, 0.15) is 38.7 Å². The average molecular weight is 315 g/mol. The second-order valence-electron chi connectivity index (χ2n) is 5.87. The van der Waals surface area contributed by atoms with E-state index in [9.17, 15) is 0 Å². The number of nitrogens with zero attached hydrogens (tertiary/aromatic N) is 1. The molecule has 0 saturated heterocycles. The molecule has 22 heavy (non-hydrogen) atoms. The summed E-state index contributed by atoms with van der Waals surface area (Å²) in [6, 6.07) is 6.49. The van der Waals surface area contributed by atoms with Crippen molar-refractivity contribution in [2.75, 3.05) is 26.2 Å². The molecule has 1 aliphatic rings. The number of fused-ring (bicyclic) bond motifs is 1. The number of benzene rings is 1. The van der Waals surface area contributed by atoms with Gasteiger partial charge in [-0.15, -0.1) is 11.3 Å². The largest absolute Gasteiger partial charge is 0.494 e. The van der Waals surface area contributed by atoms with Gasteiger partial charge >= 0.3 is 0 Å². The maximum atomic E-state index is 5.61. The molecule has 2 heterocycles. The van der Waals surface area contributed by atoms with Crippen LogP contribution in [0.4, 0.5) is 0 Å². The van der Waals surface area contributed by atoms with Crippen molar-refractivity contribution in [3.8, 4) is 5.75 Å². The van der Waals surface area contributed by atoms with E-state index in [-0.39, 0.29) is 0 Å². The van der Waals surface area contributed by atoms with Crippen molar-refractivity contribution in [3.63, 3.8) is 0 Å². The lowest BCUT2D eigenvalue weighted by Crippen LogP contribution is -2.29. The number of unbranched alkanes of at least 4 members (excludes halogenated alkanes) is 1. The fraction of sp³-hybridized carbons (Fsp3) is 0.474. The van der Waals surface area contributed by atoms with Gasteiger partial charge in [-0.2, -0.15) is 0 Å². The van der Waals surface area contributed by atoms with Crippen LogP contribution in [-0.2, 0) is 0 Å². The summed E-state index contributed by atoms with van der Waals surface area (Å²) in [7, 11) is 0. The Bertz CT molecular complexity index is 658. The van der Waals surface area contributed by atoms with Gasteiger partial charge in [-0.3, -0.25) is 4.90 Å². The van der Waals surface area contributed by atoms with Gasteiger partial charge in [-0.1, -0.05) is 19.4 Å². The molecule has 0 aliphatic carbocycles. The minimum absolute atomic E-state index is 0.725. The zero-order valence-corrected chi connectivity index (χ0v) is 14.4. The van der Waals surface area contributed by atoms with E-state index in [1.165, 1.54) is 53.6 Å². The highest BCUT2D eigenvalue weighted by atomic mass is 32.1. The molecule has 2 nitrogen and oxygen atoms in total. The van der Waals surface area contributed by atoms with E-state index < -0.39 is 0 Å². The van der Waals surface area contributed by atoms with Crippen molar-refractivity contribution >= 4 is 27.0 Å². The smallest absolute Gasteiger partial charge is 0.120 e. The molecule has 0 saturated carbocycles. The van der Waals surface area contributed by atoms with Crippen LogP contribution < -0.4 is 4.74 Å². The monoisotopic (exact) mass is 315 g/mol. The molecule has 0 bridgehead atoms. The second-order valence-corrected chi connectivity index (χ2v) is 6.79. The second kappa shape index (κ2) is 7.30. The Morgan fingerprint density at radius 1 is 1.27 bits per heavy atom. The van der Waals surface area contributed by atoms with E-state index in [0.29, 0.717) is 0 Å². The standard InChI is InChI=1S/C19H25NOS/c1-3-5-10-20-11-8-15(9-12-20)18-14-22-19-13-16(21-4-2)6-7-17(18)19/h6-8,13-14H,3-5,9-12H2,1-2H3. The summed E-state index contributed by atoms with van der Waals surface area (Å²) < 4.78 is 6.93. The fourth-order valence-electron chi connectivity index (χ4n) is 3.05. The van der Waals surface area contributed by atoms with E-state index in [2.05, 4.69) is 41.5 Å². The molecule has 1 aliphatic heterocycles. The topological polar surface area (TPSA) is 12.5 Å². The molecule has 1 aromatic heterocycles. The van der Waals surface area contributed by atoms with E-state index >= 15 is 0 Å². The Hall–Kier alpha value is -1.32. The van der Waals surface area contributed by atoms with Crippen LogP contribution in [0.2, 0.25) is 0 Å². The Morgan fingerprint density at radius 3 is 2.91 bits per heavy atom. The van der Waals surface area contributed by atoms with Gasteiger partial charge < -0.3 is 4.74 Å². The molecule has 0 atom stereocenters. The molecule has 0 unspecified atom stereocenters. The molecule has 1 aromatic carbocycles. The van der Waals surface area contributed by atoms with Crippen molar-refractivity contribution in [1.29, 1.82) is 0 Å². The van der Waals surface area contributed by atoms with Crippen molar-refractivity contribution in [2.24, 2.45) is 0 Å². The van der Waals surface area contributed by atoms with Crippen LogP contribution in [-0.4, -0.2) is 31.1 Å². The zero-order valence-electron chi connectivity index (χ0n) is 13.6. The summed E-state index contributed by atoms with van der Waals surface area (Å²) in [5.74, 6) is 0.978. The molecule has 0 N–H and O–H groups in total. The SMILES string of the molecule is CCCCN1CC=C(c2csc3cc(OCC)ccc23)CC1. The average Bonchev–Trinajstić information content (AvgIpc) is 2.97. The van der Waals surface area contributed by atoms with Crippen molar-refractivity contribution < 1.29 is 4.74 Å². The van der Waals surface area contributed by atoms with Gasteiger partial charge in [-0.25, -0.2) is 0 Å². The molecular formula is C19H25NOS. The lowest BCUT2D eigenvalue weighted by atomic mass is 9.99. The van der Waals surface area contributed by atoms with Crippen LogP contribution >= 0.6 is 11.3 Å². The quantitative estimate of drug-likeness (QED) is 0.727. The number of hydrogen-bond acceptors (Lipinski definition) is 3. The summed E-state index contributed by atoms with van der Waals surface area (Å²) >= 11 is 1.83. The summed E-state index contributed by atoms with van der Waals surface area (Å²) in [4.78, 5) is 2.56. The van der Waals surface area contributed by atoms with Crippen LogP contribution in [0.3, 0.4) is 0 Å². The maximum Gasteiger partial charge on any atom is 0.120 e. The van der Waals surface area contributed by atoms with Gasteiger partial charge in [0.25, 0.3) is 0 Å². The van der Waals surface area contributed by atoms with Crippen molar-refractivity contribution in [2.45, 2.75) is 33.1 Å². The first-order valence-corrected chi connectivity index (χ1v) is 9.25.